The summed E-state index contributed by atoms with van der Waals surface area (Å²) in [6.07, 6.45) is 7.52. The van der Waals surface area contributed by atoms with Crippen LogP contribution in [0.15, 0.2) is 60.7 Å². The zero-order valence-corrected chi connectivity index (χ0v) is 23.6. The van der Waals surface area contributed by atoms with Gasteiger partial charge in [-0.15, -0.1) is 0 Å². The minimum atomic E-state index is 0.213. The van der Waals surface area contributed by atoms with E-state index in [0.29, 0.717) is 11.7 Å². The molecule has 0 aliphatic heterocycles. The Morgan fingerprint density at radius 1 is 0.829 bits per heavy atom. The Bertz CT molecular complexity index is 766. The van der Waals surface area contributed by atoms with Crippen LogP contribution in [0.4, 0.5) is 0 Å². The first-order valence-corrected chi connectivity index (χ1v) is 15.7. The lowest BCUT2D eigenvalue weighted by Gasteiger charge is -2.21. The van der Waals surface area contributed by atoms with E-state index in [2.05, 4.69) is 96.5 Å². The van der Waals surface area contributed by atoms with Gasteiger partial charge in [-0.25, -0.2) is 0 Å². The first kappa shape index (κ1) is 29.8. The number of benzene rings is 2. The number of unbranched alkanes of at least 4 members (excludes halogenated alkanes) is 1. The van der Waals surface area contributed by atoms with Gasteiger partial charge in [-0.1, -0.05) is 80.9 Å². The second-order valence-corrected chi connectivity index (χ2v) is 11.6. The SMILES string of the molecule is CCCN(CCC)CCNC(=O)CCCCC(CCSCc1ccccc1)SCc1ccccc1. The Morgan fingerprint density at radius 3 is 2.09 bits per heavy atom. The van der Waals surface area contributed by atoms with Crippen molar-refractivity contribution >= 4 is 29.4 Å². The molecule has 0 spiro atoms. The van der Waals surface area contributed by atoms with E-state index in [1.165, 1.54) is 42.6 Å². The average molecular weight is 515 g/mol. The molecule has 1 atom stereocenters. The van der Waals surface area contributed by atoms with Crippen LogP contribution >= 0.6 is 23.5 Å². The summed E-state index contributed by atoms with van der Waals surface area (Å²) in [6.45, 7) is 8.41. The first-order chi connectivity index (χ1) is 17.2. The lowest BCUT2D eigenvalue weighted by Crippen LogP contribution is -2.35. The van der Waals surface area contributed by atoms with Gasteiger partial charge in [-0.05, 0) is 62.1 Å². The number of hydrogen-bond acceptors (Lipinski definition) is 4. The molecule has 0 aliphatic carbocycles. The van der Waals surface area contributed by atoms with Crippen LogP contribution in [0.3, 0.4) is 0 Å². The number of thioether (sulfide) groups is 2. The summed E-state index contributed by atoms with van der Waals surface area (Å²) in [5.41, 5.74) is 2.81. The van der Waals surface area contributed by atoms with Gasteiger partial charge in [0.2, 0.25) is 5.91 Å². The van der Waals surface area contributed by atoms with Crippen molar-refractivity contribution in [2.24, 2.45) is 0 Å². The molecule has 0 saturated carbocycles. The first-order valence-electron chi connectivity index (χ1n) is 13.5. The molecule has 35 heavy (non-hydrogen) atoms. The molecule has 0 aromatic heterocycles. The van der Waals surface area contributed by atoms with Crippen LogP contribution in [0.1, 0.15) is 69.9 Å². The van der Waals surface area contributed by atoms with Crippen molar-refractivity contribution in [3.8, 4) is 0 Å². The molecule has 0 bridgehead atoms. The van der Waals surface area contributed by atoms with E-state index in [9.17, 15) is 4.79 Å². The van der Waals surface area contributed by atoms with Gasteiger partial charge in [0, 0.05) is 36.3 Å². The summed E-state index contributed by atoms with van der Waals surface area (Å²) in [5, 5.41) is 3.78. The Morgan fingerprint density at radius 2 is 1.46 bits per heavy atom. The van der Waals surface area contributed by atoms with E-state index in [1.807, 2.05) is 11.8 Å². The number of rotatable bonds is 20. The minimum absolute atomic E-state index is 0.213. The van der Waals surface area contributed by atoms with Crippen molar-refractivity contribution in [2.45, 2.75) is 75.5 Å². The summed E-state index contributed by atoms with van der Waals surface area (Å²) in [4.78, 5) is 14.8. The molecule has 2 rings (SSSR count). The second kappa shape index (κ2) is 19.7. The maximum atomic E-state index is 12.3. The highest BCUT2D eigenvalue weighted by Gasteiger charge is 2.11. The van der Waals surface area contributed by atoms with Crippen LogP contribution in [0.5, 0.6) is 0 Å². The second-order valence-electron chi connectivity index (χ2n) is 9.18. The summed E-state index contributed by atoms with van der Waals surface area (Å²) in [6, 6.07) is 21.5. The molecule has 1 N–H and O–H groups in total. The van der Waals surface area contributed by atoms with Crippen LogP contribution in [0, 0.1) is 0 Å². The minimum Gasteiger partial charge on any atom is -0.355 e. The molecule has 0 radical (unpaired) electrons. The normalized spacial score (nSPS) is 12.1. The van der Waals surface area contributed by atoms with E-state index in [1.54, 1.807) is 0 Å². The molecular weight excluding hydrogens is 468 g/mol. The van der Waals surface area contributed by atoms with Gasteiger partial charge < -0.3 is 10.2 Å². The molecule has 5 heteroatoms. The Hall–Kier alpha value is -1.43. The van der Waals surface area contributed by atoms with Crippen molar-refractivity contribution in [2.75, 3.05) is 31.9 Å². The molecule has 0 fully saturated rings. The van der Waals surface area contributed by atoms with E-state index >= 15 is 0 Å². The average Bonchev–Trinajstić information content (AvgIpc) is 2.88. The zero-order chi connectivity index (χ0) is 25.0. The highest BCUT2D eigenvalue weighted by atomic mass is 32.2. The maximum absolute atomic E-state index is 12.3. The fourth-order valence-corrected chi connectivity index (χ4v) is 6.56. The van der Waals surface area contributed by atoms with E-state index in [-0.39, 0.29) is 5.91 Å². The highest BCUT2D eigenvalue weighted by molar-refractivity contribution is 7.99. The molecule has 2 aromatic rings. The Labute approximate surface area is 223 Å². The molecule has 0 saturated heterocycles. The van der Waals surface area contributed by atoms with Crippen molar-refractivity contribution in [1.82, 2.24) is 10.2 Å². The van der Waals surface area contributed by atoms with Crippen molar-refractivity contribution in [3.63, 3.8) is 0 Å². The van der Waals surface area contributed by atoms with Gasteiger partial charge >= 0.3 is 0 Å². The number of amides is 1. The Balaban J connectivity index is 1.66. The fraction of sp³-hybridized carbons (Fsp3) is 0.567. The van der Waals surface area contributed by atoms with Gasteiger partial charge in [-0.2, -0.15) is 23.5 Å². The summed E-state index contributed by atoms with van der Waals surface area (Å²) in [5.74, 6) is 3.56. The predicted octanol–water partition coefficient (Wildman–Crippen LogP) is 7.41. The lowest BCUT2D eigenvalue weighted by molar-refractivity contribution is -0.121. The lowest BCUT2D eigenvalue weighted by atomic mass is 10.1. The summed E-state index contributed by atoms with van der Waals surface area (Å²) in [7, 11) is 0. The predicted molar refractivity (Wildman–Crippen MR) is 157 cm³/mol. The van der Waals surface area contributed by atoms with Crippen molar-refractivity contribution < 1.29 is 4.79 Å². The maximum Gasteiger partial charge on any atom is 0.220 e. The number of nitrogens with zero attached hydrogens (tertiary/aromatic N) is 1. The molecule has 0 aliphatic rings. The van der Waals surface area contributed by atoms with Crippen LogP contribution in [-0.2, 0) is 16.3 Å². The van der Waals surface area contributed by atoms with Gasteiger partial charge in [-0.3, -0.25) is 4.79 Å². The van der Waals surface area contributed by atoms with Gasteiger partial charge in [0.1, 0.15) is 0 Å². The molecule has 2 aromatic carbocycles. The van der Waals surface area contributed by atoms with Crippen LogP contribution < -0.4 is 5.32 Å². The molecular formula is C30H46N2OS2. The quantitative estimate of drug-likeness (QED) is 0.186. The largest absolute Gasteiger partial charge is 0.355 e. The van der Waals surface area contributed by atoms with E-state index in [0.717, 1.165) is 50.5 Å². The van der Waals surface area contributed by atoms with E-state index < -0.39 is 0 Å². The molecule has 0 heterocycles. The number of nitrogens with one attached hydrogen (secondary N) is 1. The third kappa shape index (κ3) is 14.7. The molecule has 1 unspecified atom stereocenters. The van der Waals surface area contributed by atoms with Gasteiger partial charge in [0.25, 0.3) is 0 Å². The molecule has 3 nitrogen and oxygen atoms in total. The topological polar surface area (TPSA) is 32.3 Å². The fourth-order valence-electron chi connectivity index (χ4n) is 4.15. The third-order valence-corrected chi connectivity index (χ3v) is 8.54. The zero-order valence-electron chi connectivity index (χ0n) is 21.9. The van der Waals surface area contributed by atoms with Gasteiger partial charge in [0.15, 0.2) is 0 Å². The van der Waals surface area contributed by atoms with Crippen LogP contribution in [0.25, 0.3) is 0 Å². The van der Waals surface area contributed by atoms with Crippen LogP contribution in [-0.4, -0.2) is 48.0 Å². The monoisotopic (exact) mass is 514 g/mol. The standard InChI is InChI=1S/C30H46N2OS2/c1-3-21-32(22-4-2)23-20-31-30(33)18-12-11-17-29(35-26-28-15-9-6-10-16-28)19-24-34-25-27-13-7-5-8-14-27/h5-10,13-16,29H,3-4,11-12,17-26H2,1-2H3,(H,31,33). The van der Waals surface area contributed by atoms with Crippen molar-refractivity contribution in [3.05, 3.63) is 71.8 Å². The number of carbonyl (C=O) groups is 1. The number of hydrogen-bond donors (Lipinski definition) is 1. The Kier molecular flexibility index (Phi) is 16.8. The molecule has 194 valence electrons. The van der Waals surface area contributed by atoms with Crippen molar-refractivity contribution in [1.29, 1.82) is 0 Å². The van der Waals surface area contributed by atoms with E-state index in [4.69, 9.17) is 0 Å². The number of carbonyl (C=O) groups excluding carboxylic acids is 1. The highest BCUT2D eigenvalue weighted by Crippen LogP contribution is 2.27. The summed E-state index contributed by atoms with van der Waals surface area (Å²) < 4.78 is 0. The molecule has 1 amide bonds. The summed E-state index contributed by atoms with van der Waals surface area (Å²) >= 11 is 4.12. The third-order valence-electron chi connectivity index (χ3n) is 6.03. The van der Waals surface area contributed by atoms with Crippen LogP contribution in [0.2, 0.25) is 0 Å². The van der Waals surface area contributed by atoms with Gasteiger partial charge in [0.05, 0.1) is 0 Å². The smallest absolute Gasteiger partial charge is 0.220 e.